The van der Waals surface area contributed by atoms with E-state index < -0.39 is 0 Å². The average molecular weight is 395 g/mol. The Bertz CT molecular complexity index is 1240. The third kappa shape index (κ3) is 4.15. The fourth-order valence-corrected chi connectivity index (χ4v) is 3.21. The molecule has 5 nitrogen and oxygen atoms in total. The number of aromatic nitrogens is 1. The Hall–Kier alpha value is -4.12. The first-order chi connectivity index (χ1) is 14.6. The van der Waals surface area contributed by atoms with Crippen LogP contribution in [0.25, 0.3) is 17.0 Å². The second-order valence-electron chi connectivity index (χ2n) is 6.94. The van der Waals surface area contributed by atoms with Gasteiger partial charge in [-0.1, -0.05) is 54.6 Å². The summed E-state index contributed by atoms with van der Waals surface area (Å²) in [5.41, 5.74) is 4.04. The summed E-state index contributed by atoms with van der Waals surface area (Å²) in [4.78, 5) is 29.0. The van der Waals surface area contributed by atoms with Gasteiger partial charge in [0.25, 0.3) is 11.8 Å². The maximum Gasteiger partial charge on any atom is 0.272 e. The molecule has 1 aromatic heterocycles. The number of para-hydroxylation sites is 2. The van der Waals surface area contributed by atoms with Crippen LogP contribution in [0.4, 0.5) is 5.69 Å². The molecule has 0 bridgehead atoms. The van der Waals surface area contributed by atoms with Gasteiger partial charge in [-0.05, 0) is 42.8 Å². The number of hydrogen-bond donors (Lipinski definition) is 3. The third-order valence-electron chi connectivity index (χ3n) is 4.84. The van der Waals surface area contributed by atoms with Crippen LogP contribution in [0.15, 0.2) is 90.8 Å². The molecule has 2 amide bonds. The van der Waals surface area contributed by atoms with Gasteiger partial charge in [0.05, 0.1) is 0 Å². The van der Waals surface area contributed by atoms with Crippen molar-refractivity contribution in [2.24, 2.45) is 0 Å². The monoisotopic (exact) mass is 395 g/mol. The van der Waals surface area contributed by atoms with Crippen LogP contribution in [-0.2, 0) is 4.79 Å². The molecule has 4 rings (SSSR count). The minimum Gasteiger partial charge on any atom is -0.361 e. The third-order valence-corrected chi connectivity index (χ3v) is 4.84. The van der Waals surface area contributed by atoms with Crippen molar-refractivity contribution in [3.05, 3.63) is 107 Å². The summed E-state index contributed by atoms with van der Waals surface area (Å²) in [5.74, 6) is -0.736. The fourth-order valence-electron chi connectivity index (χ4n) is 3.21. The smallest absolute Gasteiger partial charge is 0.272 e. The van der Waals surface area contributed by atoms with Crippen molar-refractivity contribution >= 4 is 34.5 Å². The summed E-state index contributed by atoms with van der Waals surface area (Å²) in [6, 6.07) is 24.1. The molecule has 0 saturated heterocycles. The van der Waals surface area contributed by atoms with Crippen molar-refractivity contribution in [2.45, 2.75) is 6.92 Å². The predicted molar refractivity (Wildman–Crippen MR) is 120 cm³/mol. The summed E-state index contributed by atoms with van der Waals surface area (Å²) in [6.45, 7) is 1.92. The van der Waals surface area contributed by atoms with Crippen LogP contribution in [0.3, 0.4) is 0 Å². The molecule has 0 aliphatic carbocycles. The van der Waals surface area contributed by atoms with Crippen LogP contribution in [0.1, 0.15) is 21.5 Å². The molecule has 3 aromatic carbocycles. The standard InChI is InChI=1S/C25H21N3O2/c1-17-9-5-7-13-21(17)27-25(30)23(28-24(29)18-10-3-2-4-11-18)15-19-16-26-22-14-8-6-12-20(19)22/h2-16,26H,1H3,(H,27,30)(H,28,29). The minimum absolute atomic E-state index is 0.164. The summed E-state index contributed by atoms with van der Waals surface area (Å²) in [6.07, 6.45) is 3.51. The summed E-state index contributed by atoms with van der Waals surface area (Å²) < 4.78 is 0. The molecular weight excluding hydrogens is 374 g/mol. The zero-order chi connectivity index (χ0) is 20.9. The van der Waals surface area contributed by atoms with Gasteiger partial charge in [-0.2, -0.15) is 0 Å². The van der Waals surface area contributed by atoms with Gasteiger partial charge in [-0.3, -0.25) is 9.59 Å². The number of aromatic amines is 1. The van der Waals surface area contributed by atoms with Crippen LogP contribution >= 0.6 is 0 Å². The molecule has 0 spiro atoms. The van der Waals surface area contributed by atoms with Crippen LogP contribution in [0.2, 0.25) is 0 Å². The van der Waals surface area contributed by atoms with Gasteiger partial charge in [0.2, 0.25) is 0 Å². The normalized spacial score (nSPS) is 11.3. The summed E-state index contributed by atoms with van der Waals surface area (Å²) >= 11 is 0. The topological polar surface area (TPSA) is 74.0 Å². The molecule has 4 aromatic rings. The number of hydrogen-bond acceptors (Lipinski definition) is 2. The maximum absolute atomic E-state index is 13.1. The molecule has 3 N–H and O–H groups in total. The van der Waals surface area contributed by atoms with Gasteiger partial charge in [0.1, 0.15) is 5.70 Å². The van der Waals surface area contributed by atoms with Crippen molar-refractivity contribution < 1.29 is 9.59 Å². The summed E-state index contributed by atoms with van der Waals surface area (Å²) in [7, 11) is 0. The number of fused-ring (bicyclic) bond motifs is 1. The molecule has 0 aliphatic heterocycles. The van der Waals surface area contributed by atoms with E-state index in [4.69, 9.17) is 0 Å². The molecule has 0 saturated carbocycles. The van der Waals surface area contributed by atoms with E-state index in [1.54, 1.807) is 30.3 Å². The largest absolute Gasteiger partial charge is 0.361 e. The van der Waals surface area contributed by atoms with E-state index in [9.17, 15) is 9.59 Å². The first-order valence-electron chi connectivity index (χ1n) is 9.63. The van der Waals surface area contributed by atoms with Crippen molar-refractivity contribution in [3.8, 4) is 0 Å². The Labute approximate surface area is 174 Å². The molecule has 1 heterocycles. The SMILES string of the molecule is Cc1ccccc1NC(=O)C(=Cc1c[nH]c2ccccc12)NC(=O)c1ccccc1. The molecule has 0 radical (unpaired) electrons. The van der Waals surface area contributed by atoms with E-state index in [1.807, 2.05) is 67.7 Å². The highest BCUT2D eigenvalue weighted by Crippen LogP contribution is 2.21. The number of carbonyl (C=O) groups is 2. The number of anilines is 1. The Kier molecular flexibility index (Phi) is 5.44. The number of carbonyl (C=O) groups excluding carboxylic acids is 2. The molecule has 0 aliphatic rings. The lowest BCUT2D eigenvalue weighted by Gasteiger charge is -2.12. The highest BCUT2D eigenvalue weighted by atomic mass is 16.2. The molecule has 30 heavy (non-hydrogen) atoms. The summed E-state index contributed by atoms with van der Waals surface area (Å²) in [5, 5.41) is 6.63. The first kappa shape index (κ1) is 19.2. The van der Waals surface area contributed by atoms with Gasteiger partial charge in [-0.15, -0.1) is 0 Å². The molecule has 0 fully saturated rings. The number of H-pyrrole nitrogens is 1. The minimum atomic E-state index is -0.390. The zero-order valence-corrected chi connectivity index (χ0v) is 16.5. The van der Waals surface area contributed by atoms with Gasteiger partial charge < -0.3 is 15.6 Å². The number of aryl methyl sites for hydroxylation is 1. The Morgan fingerprint density at radius 3 is 2.37 bits per heavy atom. The molecule has 0 atom stereocenters. The second kappa shape index (κ2) is 8.49. The van der Waals surface area contributed by atoms with Gasteiger partial charge >= 0.3 is 0 Å². The quantitative estimate of drug-likeness (QED) is 0.421. The molecule has 5 heteroatoms. The Morgan fingerprint density at radius 2 is 1.57 bits per heavy atom. The first-order valence-corrected chi connectivity index (χ1v) is 9.63. The lowest BCUT2D eigenvalue weighted by atomic mass is 10.1. The molecular formula is C25H21N3O2. The van der Waals surface area contributed by atoms with Gasteiger partial charge in [0, 0.05) is 33.9 Å². The predicted octanol–water partition coefficient (Wildman–Crippen LogP) is 4.89. The van der Waals surface area contributed by atoms with E-state index in [-0.39, 0.29) is 17.5 Å². The highest BCUT2D eigenvalue weighted by Gasteiger charge is 2.16. The lowest BCUT2D eigenvalue weighted by Crippen LogP contribution is -2.30. The maximum atomic E-state index is 13.1. The second-order valence-corrected chi connectivity index (χ2v) is 6.94. The number of nitrogens with one attached hydrogen (secondary N) is 3. The van der Waals surface area contributed by atoms with Crippen molar-refractivity contribution in [3.63, 3.8) is 0 Å². The van der Waals surface area contributed by atoms with E-state index in [1.165, 1.54) is 0 Å². The molecule has 148 valence electrons. The van der Waals surface area contributed by atoms with Crippen LogP contribution in [0.5, 0.6) is 0 Å². The Morgan fingerprint density at radius 1 is 0.867 bits per heavy atom. The lowest BCUT2D eigenvalue weighted by molar-refractivity contribution is -0.113. The van der Waals surface area contributed by atoms with E-state index in [0.29, 0.717) is 11.3 Å². The zero-order valence-electron chi connectivity index (χ0n) is 16.5. The highest BCUT2D eigenvalue weighted by molar-refractivity contribution is 6.11. The number of rotatable bonds is 5. The van der Waals surface area contributed by atoms with Crippen LogP contribution < -0.4 is 10.6 Å². The van der Waals surface area contributed by atoms with Crippen LogP contribution in [-0.4, -0.2) is 16.8 Å². The van der Waals surface area contributed by atoms with Gasteiger partial charge in [-0.25, -0.2) is 0 Å². The fraction of sp³-hybridized carbons (Fsp3) is 0.0400. The Balaban J connectivity index is 1.69. The van der Waals surface area contributed by atoms with Crippen LogP contribution in [0, 0.1) is 6.92 Å². The average Bonchev–Trinajstić information content (AvgIpc) is 3.18. The van der Waals surface area contributed by atoms with Crippen molar-refractivity contribution in [1.82, 2.24) is 10.3 Å². The number of benzene rings is 3. The van der Waals surface area contributed by atoms with E-state index in [2.05, 4.69) is 15.6 Å². The van der Waals surface area contributed by atoms with Crippen molar-refractivity contribution in [1.29, 1.82) is 0 Å². The van der Waals surface area contributed by atoms with E-state index >= 15 is 0 Å². The number of amides is 2. The van der Waals surface area contributed by atoms with Crippen molar-refractivity contribution in [2.75, 3.05) is 5.32 Å². The van der Waals surface area contributed by atoms with Gasteiger partial charge in [0.15, 0.2) is 0 Å². The van der Waals surface area contributed by atoms with E-state index in [0.717, 1.165) is 22.0 Å². The molecule has 0 unspecified atom stereocenters.